The minimum absolute atomic E-state index is 0.191. The van der Waals surface area contributed by atoms with Crippen LogP contribution in [0.3, 0.4) is 0 Å². The van der Waals surface area contributed by atoms with E-state index in [1.54, 1.807) is 24.3 Å². The molecule has 18 heavy (non-hydrogen) atoms. The van der Waals surface area contributed by atoms with Gasteiger partial charge in [-0.05, 0) is 24.3 Å². The van der Waals surface area contributed by atoms with E-state index in [1.165, 1.54) is 0 Å². The van der Waals surface area contributed by atoms with Crippen molar-refractivity contribution in [1.29, 1.82) is 0 Å². The molecule has 0 aliphatic rings. The minimum Gasteiger partial charge on any atom is -0.397 e. The van der Waals surface area contributed by atoms with Crippen LogP contribution in [0.1, 0.15) is 5.69 Å². The topological polar surface area (TPSA) is 59.1 Å². The molecular weight excluding hydrogens is 295 g/mol. The summed E-state index contributed by atoms with van der Waals surface area (Å²) in [4.78, 5) is 4.22. The largest absolute Gasteiger partial charge is 0.397 e. The number of nitrogen functional groups attached to an aromatic ring is 1. The second kappa shape index (κ2) is 5.33. The van der Waals surface area contributed by atoms with Crippen LogP contribution in [0.25, 0.3) is 11.3 Å². The van der Waals surface area contributed by atoms with Gasteiger partial charge in [0.15, 0.2) is 0 Å². The third-order valence-electron chi connectivity index (χ3n) is 2.43. The first-order chi connectivity index (χ1) is 8.54. The molecule has 0 fully saturated rings. The van der Waals surface area contributed by atoms with Gasteiger partial charge in [-0.25, -0.2) is 4.98 Å². The Balaban J connectivity index is 2.72. The predicted octanol–water partition coefficient (Wildman–Crippen LogP) is 3.78. The van der Waals surface area contributed by atoms with E-state index in [0.717, 1.165) is 0 Å². The van der Waals surface area contributed by atoms with Gasteiger partial charge in [0.1, 0.15) is 0 Å². The number of hydrogen-bond acceptors (Lipinski definition) is 3. The van der Waals surface area contributed by atoms with E-state index >= 15 is 0 Å². The van der Waals surface area contributed by atoms with Crippen molar-refractivity contribution in [3.63, 3.8) is 0 Å². The van der Waals surface area contributed by atoms with E-state index in [1.807, 2.05) is 0 Å². The average Bonchev–Trinajstić information content (AvgIpc) is 2.36. The van der Waals surface area contributed by atoms with E-state index in [4.69, 9.17) is 45.6 Å². The van der Waals surface area contributed by atoms with Gasteiger partial charge in [-0.1, -0.05) is 34.8 Å². The minimum atomic E-state index is -0.191. The highest BCUT2D eigenvalue weighted by atomic mass is 35.5. The zero-order chi connectivity index (χ0) is 13.3. The molecule has 0 amide bonds. The van der Waals surface area contributed by atoms with E-state index in [9.17, 15) is 0 Å². The van der Waals surface area contributed by atoms with Crippen LogP contribution in [0, 0.1) is 0 Å². The molecule has 0 saturated heterocycles. The second-order valence-corrected chi connectivity index (χ2v) is 4.81. The maximum Gasteiger partial charge on any atom is 0.0966 e. The molecule has 6 heteroatoms. The normalized spacial score (nSPS) is 10.7. The van der Waals surface area contributed by atoms with E-state index in [2.05, 4.69) is 4.98 Å². The number of aliphatic hydroxyl groups excluding tert-OH is 1. The Labute approximate surface area is 119 Å². The standard InChI is InChI=1S/C12H9Cl3N2O/c13-7-2-3-8(14)11(15)10(7)12-9(16)4-1-6(5-18)17-12/h1-4,18H,5,16H2. The van der Waals surface area contributed by atoms with Crippen molar-refractivity contribution in [2.75, 3.05) is 5.73 Å². The summed E-state index contributed by atoms with van der Waals surface area (Å²) in [6.45, 7) is -0.191. The van der Waals surface area contributed by atoms with Gasteiger partial charge in [0, 0.05) is 5.56 Å². The van der Waals surface area contributed by atoms with E-state index in [0.29, 0.717) is 37.7 Å². The van der Waals surface area contributed by atoms with Crippen LogP contribution in [0.2, 0.25) is 15.1 Å². The van der Waals surface area contributed by atoms with Crippen molar-refractivity contribution < 1.29 is 5.11 Å². The molecule has 1 aromatic carbocycles. The second-order valence-electron chi connectivity index (χ2n) is 3.62. The van der Waals surface area contributed by atoms with Crippen LogP contribution in [-0.2, 0) is 6.61 Å². The highest BCUT2D eigenvalue weighted by molar-refractivity contribution is 6.46. The van der Waals surface area contributed by atoms with Crippen LogP contribution >= 0.6 is 34.8 Å². The van der Waals surface area contributed by atoms with Gasteiger partial charge in [0.05, 0.1) is 38.8 Å². The molecule has 0 saturated carbocycles. The zero-order valence-corrected chi connectivity index (χ0v) is 11.4. The van der Waals surface area contributed by atoms with Crippen molar-refractivity contribution in [1.82, 2.24) is 4.98 Å². The van der Waals surface area contributed by atoms with Crippen molar-refractivity contribution in [3.05, 3.63) is 45.0 Å². The van der Waals surface area contributed by atoms with Gasteiger partial charge in [0.25, 0.3) is 0 Å². The zero-order valence-electron chi connectivity index (χ0n) is 9.12. The lowest BCUT2D eigenvalue weighted by Gasteiger charge is -2.11. The van der Waals surface area contributed by atoms with Gasteiger partial charge < -0.3 is 10.8 Å². The van der Waals surface area contributed by atoms with Crippen LogP contribution < -0.4 is 5.73 Å². The van der Waals surface area contributed by atoms with Crippen LogP contribution in [-0.4, -0.2) is 10.1 Å². The van der Waals surface area contributed by atoms with Crippen LogP contribution in [0.15, 0.2) is 24.3 Å². The molecule has 0 atom stereocenters. The molecule has 2 aromatic rings. The number of nitrogens with two attached hydrogens (primary N) is 1. The number of rotatable bonds is 2. The SMILES string of the molecule is Nc1ccc(CO)nc1-c1c(Cl)ccc(Cl)c1Cl. The summed E-state index contributed by atoms with van der Waals surface area (Å²) in [5, 5.41) is 10.2. The number of hydrogen-bond donors (Lipinski definition) is 2. The molecule has 2 rings (SSSR count). The number of aliphatic hydroxyl groups is 1. The highest BCUT2D eigenvalue weighted by Crippen LogP contribution is 2.40. The fourth-order valence-corrected chi connectivity index (χ4v) is 2.25. The summed E-state index contributed by atoms with van der Waals surface area (Å²) in [7, 11) is 0. The monoisotopic (exact) mass is 302 g/mol. The molecular formula is C12H9Cl3N2O. The lowest BCUT2D eigenvalue weighted by molar-refractivity contribution is 0.277. The van der Waals surface area contributed by atoms with Gasteiger partial charge in [-0.15, -0.1) is 0 Å². The van der Waals surface area contributed by atoms with Crippen molar-refractivity contribution in [3.8, 4) is 11.3 Å². The number of anilines is 1. The average molecular weight is 304 g/mol. The smallest absolute Gasteiger partial charge is 0.0966 e. The first-order valence-corrected chi connectivity index (χ1v) is 6.18. The summed E-state index contributed by atoms with van der Waals surface area (Å²) in [6.07, 6.45) is 0. The van der Waals surface area contributed by atoms with Crippen molar-refractivity contribution in [2.24, 2.45) is 0 Å². The van der Waals surface area contributed by atoms with Gasteiger partial charge in [-0.3, -0.25) is 0 Å². The Kier molecular flexibility index (Phi) is 3.97. The van der Waals surface area contributed by atoms with E-state index < -0.39 is 0 Å². The van der Waals surface area contributed by atoms with Gasteiger partial charge in [0.2, 0.25) is 0 Å². The lowest BCUT2D eigenvalue weighted by atomic mass is 10.1. The summed E-state index contributed by atoms with van der Waals surface area (Å²) < 4.78 is 0. The van der Waals surface area contributed by atoms with Crippen LogP contribution in [0.5, 0.6) is 0 Å². The quantitative estimate of drug-likeness (QED) is 0.830. The predicted molar refractivity (Wildman–Crippen MR) is 75.0 cm³/mol. The Bertz CT molecular complexity index is 602. The third-order valence-corrected chi connectivity index (χ3v) is 3.55. The number of pyridine rings is 1. The Morgan fingerprint density at radius 3 is 2.39 bits per heavy atom. The Morgan fingerprint density at radius 2 is 1.72 bits per heavy atom. The molecule has 3 nitrogen and oxygen atoms in total. The molecule has 0 aliphatic carbocycles. The summed E-state index contributed by atoms with van der Waals surface area (Å²) in [5.74, 6) is 0. The first kappa shape index (κ1) is 13.4. The Hall–Kier alpha value is -1.000. The summed E-state index contributed by atoms with van der Waals surface area (Å²) in [6, 6.07) is 6.49. The lowest BCUT2D eigenvalue weighted by Crippen LogP contribution is -1.98. The third kappa shape index (κ3) is 2.40. The highest BCUT2D eigenvalue weighted by Gasteiger charge is 2.16. The number of benzene rings is 1. The fraction of sp³-hybridized carbons (Fsp3) is 0.0833. The Morgan fingerprint density at radius 1 is 1.06 bits per heavy atom. The number of halogens is 3. The fourth-order valence-electron chi connectivity index (χ4n) is 1.54. The molecule has 1 aromatic heterocycles. The molecule has 0 radical (unpaired) electrons. The van der Waals surface area contributed by atoms with Crippen LogP contribution in [0.4, 0.5) is 5.69 Å². The molecule has 0 unspecified atom stereocenters. The number of aromatic nitrogens is 1. The van der Waals surface area contributed by atoms with E-state index in [-0.39, 0.29) is 6.61 Å². The molecule has 0 spiro atoms. The molecule has 3 N–H and O–H groups in total. The maximum atomic E-state index is 9.10. The van der Waals surface area contributed by atoms with Gasteiger partial charge >= 0.3 is 0 Å². The molecule has 1 heterocycles. The summed E-state index contributed by atoms with van der Waals surface area (Å²) >= 11 is 18.2. The van der Waals surface area contributed by atoms with Gasteiger partial charge in [-0.2, -0.15) is 0 Å². The van der Waals surface area contributed by atoms with Crippen molar-refractivity contribution in [2.45, 2.75) is 6.61 Å². The first-order valence-electron chi connectivity index (χ1n) is 5.04. The number of nitrogens with zero attached hydrogens (tertiary/aromatic N) is 1. The van der Waals surface area contributed by atoms with Crippen molar-refractivity contribution >= 4 is 40.5 Å². The molecule has 0 aliphatic heterocycles. The maximum absolute atomic E-state index is 9.10. The summed E-state index contributed by atoms with van der Waals surface area (Å²) in [5.41, 5.74) is 7.64. The molecule has 94 valence electrons. The molecule has 0 bridgehead atoms.